The maximum Gasteiger partial charge on any atom is 0.250 e. The van der Waals surface area contributed by atoms with Crippen LogP contribution in [0.5, 0.6) is 0 Å². The van der Waals surface area contributed by atoms with Gasteiger partial charge in [0.2, 0.25) is 5.91 Å². The van der Waals surface area contributed by atoms with Crippen LogP contribution in [-0.4, -0.2) is 25.1 Å². The molecule has 0 atom stereocenters. The van der Waals surface area contributed by atoms with Crippen molar-refractivity contribution in [2.75, 3.05) is 11.6 Å². The Labute approximate surface area is 122 Å². The van der Waals surface area contributed by atoms with E-state index in [4.69, 9.17) is 0 Å². The van der Waals surface area contributed by atoms with E-state index in [1.54, 1.807) is 12.1 Å². The molecule has 0 bridgehead atoms. The number of hydrogen-bond donors (Lipinski definition) is 1. The Hall–Kier alpha value is -2.41. The Kier molecular flexibility index (Phi) is 4.23. The van der Waals surface area contributed by atoms with Crippen molar-refractivity contribution >= 4 is 21.4 Å². The quantitative estimate of drug-likeness (QED) is 0.909. The van der Waals surface area contributed by atoms with E-state index in [0.29, 0.717) is 5.69 Å². The molecule has 21 heavy (non-hydrogen) atoms. The zero-order valence-electron chi connectivity index (χ0n) is 11.3. The number of rotatable bonds is 4. The molecule has 1 amide bonds. The summed E-state index contributed by atoms with van der Waals surface area (Å²) < 4.78 is 23.9. The van der Waals surface area contributed by atoms with Gasteiger partial charge in [0.15, 0.2) is 9.84 Å². The molecule has 0 aliphatic heterocycles. The zero-order chi connectivity index (χ0) is 15.5. The molecule has 1 N–H and O–H groups in total. The normalized spacial score (nSPS) is 11.1. The van der Waals surface area contributed by atoms with E-state index in [0.717, 1.165) is 6.26 Å². The van der Waals surface area contributed by atoms with Gasteiger partial charge < -0.3 is 9.88 Å². The summed E-state index contributed by atoms with van der Waals surface area (Å²) in [5.74, 6) is -0.365. The lowest BCUT2D eigenvalue weighted by Crippen LogP contribution is -2.26. The summed E-state index contributed by atoms with van der Waals surface area (Å²) in [7, 11) is -3.26. The summed E-state index contributed by atoms with van der Waals surface area (Å²) in [6, 6.07) is 10.5. The lowest BCUT2D eigenvalue weighted by atomic mass is 10.3. The molecule has 2 rings (SSSR count). The molecule has 6 nitrogen and oxygen atoms in total. The molecule has 7 heteroatoms. The maximum atomic E-state index is 11.8. The molecule has 1 aromatic heterocycles. The molecule has 0 fully saturated rings. The highest BCUT2D eigenvalue weighted by atomic mass is 32.2. The van der Waals surface area contributed by atoms with Crippen molar-refractivity contribution in [3.63, 3.8) is 0 Å². The molecule has 0 radical (unpaired) electrons. The molecule has 0 saturated carbocycles. The predicted molar refractivity (Wildman–Crippen MR) is 78.9 cm³/mol. The summed E-state index contributed by atoms with van der Waals surface area (Å²) in [4.78, 5) is 23.5. The van der Waals surface area contributed by atoms with Crippen LogP contribution in [0.4, 0.5) is 5.69 Å². The summed E-state index contributed by atoms with van der Waals surface area (Å²) in [5, 5.41) is 2.60. The van der Waals surface area contributed by atoms with Gasteiger partial charge in [0, 0.05) is 24.2 Å². The standard InChI is InChI=1S/C14H14N2O4S/c1-21(19,20)12-7-5-11(6-8-12)15-13(17)10-16-9-3-2-4-14(16)18/h2-9H,10H2,1H3,(H,15,17). The van der Waals surface area contributed by atoms with Crippen molar-refractivity contribution in [3.05, 3.63) is 59.0 Å². The van der Waals surface area contributed by atoms with E-state index in [-0.39, 0.29) is 22.9 Å². The largest absolute Gasteiger partial charge is 0.325 e. The lowest BCUT2D eigenvalue weighted by Gasteiger charge is -2.07. The molecule has 0 aliphatic rings. The smallest absolute Gasteiger partial charge is 0.250 e. The van der Waals surface area contributed by atoms with Gasteiger partial charge in [-0.15, -0.1) is 0 Å². The predicted octanol–water partition coefficient (Wildman–Crippen LogP) is 0.891. The minimum Gasteiger partial charge on any atom is -0.325 e. The van der Waals surface area contributed by atoms with E-state index in [1.165, 1.54) is 41.1 Å². The average Bonchev–Trinajstić information content (AvgIpc) is 2.41. The number of nitrogens with zero attached hydrogens (tertiary/aromatic N) is 1. The first-order valence-electron chi connectivity index (χ1n) is 6.12. The minimum absolute atomic E-state index is 0.104. The summed E-state index contributed by atoms with van der Waals surface area (Å²) in [6.45, 7) is -0.104. The zero-order valence-corrected chi connectivity index (χ0v) is 12.1. The number of anilines is 1. The van der Waals surface area contributed by atoms with Crippen molar-refractivity contribution in [3.8, 4) is 0 Å². The average molecular weight is 306 g/mol. The van der Waals surface area contributed by atoms with Gasteiger partial charge in [-0.3, -0.25) is 9.59 Å². The molecular weight excluding hydrogens is 292 g/mol. The highest BCUT2D eigenvalue weighted by molar-refractivity contribution is 7.90. The monoisotopic (exact) mass is 306 g/mol. The SMILES string of the molecule is CS(=O)(=O)c1ccc(NC(=O)Cn2ccccc2=O)cc1. The van der Waals surface area contributed by atoms with Crippen LogP contribution >= 0.6 is 0 Å². The van der Waals surface area contributed by atoms with E-state index in [2.05, 4.69) is 5.32 Å². The van der Waals surface area contributed by atoms with Crippen LogP contribution in [0.3, 0.4) is 0 Å². The lowest BCUT2D eigenvalue weighted by molar-refractivity contribution is -0.116. The second kappa shape index (κ2) is 5.92. The van der Waals surface area contributed by atoms with Crippen molar-refractivity contribution in [1.82, 2.24) is 4.57 Å². The highest BCUT2D eigenvalue weighted by Gasteiger charge is 2.08. The minimum atomic E-state index is -3.26. The molecule has 0 saturated heterocycles. The van der Waals surface area contributed by atoms with Crippen LogP contribution in [0.2, 0.25) is 0 Å². The number of sulfone groups is 1. The first-order valence-corrected chi connectivity index (χ1v) is 8.01. The summed E-state index contributed by atoms with van der Waals surface area (Å²) in [6.07, 6.45) is 2.64. The first kappa shape index (κ1) is 15.0. The van der Waals surface area contributed by atoms with Gasteiger partial charge >= 0.3 is 0 Å². The fraction of sp³-hybridized carbons (Fsp3) is 0.143. The number of pyridine rings is 1. The topological polar surface area (TPSA) is 85.2 Å². The van der Waals surface area contributed by atoms with E-state index in [9.17, 15) is 18.0 Å². The van der Waals surface area contributed by atoms with Gasteiger partial charge in [-0.2, -0.15) is 0 Å². The highest BCUT2D eigenvalue weighted by Crippen LogP contribution is 2.13. The van der Waals surface area contributed by atoms with E-state index in [1.807, 2.05) is 0 Å². The van der Waals surface area contributed by atoms with Crippen LogP contribution < -0.4 is 10.9 Å². The van der Waals surface area contributed by atoms with Crippen LogP contribution in [0.25, 0.3) is 0 Å². The van der Waals surface area contributed by atoms with Gasteiger partial charge in [-0.1, -0.05) is 6.07 Å². The van der Waals surface area contributed by atoms with Gasteiger partial charge in [-0.05, 0) is 30.3 Å². The van der Waals surface area contributed by atoms with Crippen molar-refractivity contribution in [1.29, 1.82) is 0 Å². The second-order valence-corrected chi connectivity index (χ2v) is 6.53. The van der Waals surface area contributed by atoms with Gasteiger partial charge in [0.05, 0.1) is 4.90 Å². The fourth-order valence-electron chi connectivity index (χ4n) is 1.73. The number of aromatic nitrogens is 1. The number of hydrogen-bond acceptors (Lipinski definition) is 4. The molecular formula is C14H14N2O4S. The number of amides is 1. The van der Waals surface area contributed by atoms with E-state index >= 15 is 0 Å². The van der Waals surface area contributed by atoms with Crippen LogP contribution in [0.1, 0.15) is 0 Å². The maximum absolute atomic E-state index is 11.8. The fourth-order valence-corrected chi connectivity index (χ4v) is 2.36. The van der Waals surface area contributed by atoms with E-state index < -0.39 is 9.84 Å². The molecule has 0 unspecified atom stereocenters. The summed E-state index contributed by atoms with van der Waals surface area (Å²) >= 11 is 0. The van der Waals surface area contributed by atoms with Crippen molar-refractivity contribution < 1.29 is 13.2 Å². The molecule has 2 aromatic rings. The van der Waals surface area contributed by atoms with Crippen molar-refractivity contribution in [2.45, 2.75) is 11.4 Å². The third kappa shape index (κ3) is 4.03. The third-order valence-electron chi connectivity index (χ3n) is 2.78. The Bertz CT molecular complexity index is 807. The second-order valence-electron chi connectivity index (χ2n) is 4.51. The number of carbonyl (C=O) groups excluding carboxylic acids is 1. The Balaban J connectivity index is 2.07. The molecule has 0 spiro atoms. The number of carbonyl (C=O) groups is 1. The van der Waals surface area contributed by atoms with Crippen LogP contribution in [0, 0.1) is 0 Å². The molecule has 1 aromatic carbocycles. The molecule has 110 valence electrons. The first-order chi connectivity index (χ1) is 9.86. The Morgan fingerprint density at radius 3 is 2.38 bits per heavy atom. The number of benzene rings is 1. The van der Waals surface area contributed by atoms with Crippen LogP contribution in [-0.2, 0) is 21.2 Å². The molecule has 0 aliphatic carbocycles. The van der Waals surface area contributed by atoms with Gasteiger partial charge in [0.25, 0.3) is 5.56 Å². The van der Waals surface area contributed by atoms with Crippen LogP contribution in [0.15, 0.2) is 58.4 Å². The van der Waals surface area contributed by atoms with Gasteiger partial charge in [0.1, 0.15) is 6.54 Å². The summed E-state index contributed by atoms with van der Waals surface area (Å²) in [5.41, 5.74) is 0.205. The number of nitrogens with one attached hydrogen (secondary N) is 1. The third-order valence-corrected chi connectivity index (χ3v) is 3.91. The van der Waals surface area contributed by atoms with Crippen molar-refractivity contribution in [2.24, 2.45) is 0 Å². The Morgan fingerprint density at radius 2 is 1.81 bits per heavy atom. The Morgan fingerprint density at radius 1 is 1.14 bits per heavy atom. The van der Waals surface area contributed by atoms with Gasteiger partial charge in [-0.25, -0.2) is 8.42 Å². The molecule has 1 heterocycles.